The number of hydrogen-bond acceptors (Lipinski definition) is 3. The Morgan fingerprint density at radius 1 is 1.41 bits per heavy atom. The number of amides is 1. The van der Waals surface area contributed by atoms with Crippen molar-refractivity contribution in [1.29, 1.82) is 0 Å². The average molecular weight is 241 g/mol. The topological polar surface area (TPSA) is 46.6 Å². The highest BCUT2D eigenvalue weighted by molar-refractivity contribution is 5.80. The third-order valence-corrected chi connectivity index (χ3v) is 3.10. The first-order valence-electron chi connectivity index (χ1n) is 6.51. The van der Waals surface area contributed by atoms with Gasteiger partial charge in [0.2, 0.25) is 5.91 Å². The van der Waals surface area contributed by atoms with Gasteiger partial charge in [-0.2, -0.15) is 0 Å². The van der Waals surface area contributed by atoms with Gasteiger partial charge in [-0.15, -0.1) is 0 Å². The molecule has 4 heteroatoms. The molecular formula is C13H23NO3. The first-order chi connectivity index (χ1) is 8.15. The highest BCUT2D eigenvalue weighted by Gasteiger charge is 2.28. The molecule has 1 saturated heterocycles. The van der Waals surface area contributed by atoms with Gasteiger partial charge in [0.05, 0.1) is 0 Å². The highest BCUT2D eigenvalue weighted by atomic mass is 16.5. The smallest absolute Gasteiger partial charge is 0.222 e. The van der Waals surface area contributed by atoms with E-state index in [-0.39, 0.29) is 17.7 Å². The summed E-state index contributed by atoms with van der Waals surface area (Å²) in [6, 6.07) is 0.145. The van der Waals surface area contributed by atoms with Crippen LogP contribution >= 0.6 is 0 Å². The van der Waals surface area contributed by atoms with Crippen LogP contribution in [0.4, 0.5) is 0 Å². The lowest BCUT2D eigenvalue weighted by molar-refractivity contribution is -0.133. The normalized spacial score (nSPS) is 19.6. The van der Waals surface area contributed by atoms with Crippen molar-refractivity contribution in [1.82, 2.24) is 4.90 Å². The van der Waals surface area contributed by atoms with Crippen LogP contribution in [0.3, 0.4) is 0 Å². The molecule has 1 unspecified atom stereocenters. The average Bonchev–Trinajstić information content (AvgIpc) is 2.71. The van der Waals surface area contributed by atoms with E-state index in [1.54, 1.807) is 6.92 Å². The van der Waals surface area contributed by atoms with Crippen LogP contribution in [0.15, 0.2) is 0 Å². The fraction of sp³-hybridized carbons (Fsp3) is 0.846. The molecule has 4 nitrogen and oxygen atoms in total. The largest absolute Gasteiger partial charge is 0.382 e. The molecule has 0 aliphatic carbocycles. The van der Waals surface area contributed by atoms with Crippen LogP contribution in [0.5, 0.6) is 0 Å². The van der Waals surface area contributed by atoms with E-state index >= 15 is 0 Å². The van der Waals surface area contributed by atoms with Gasteiger partial charge in [-0.25, -0.2) is 0 Å². The van der Waals surface area contributed by atoms with Crippen LogP contribution in [-0.2, 0) is 14.3 Å². The monoisotopic (exact) mass is 241 g/mol. The van der Waals surface area contributed by atoms with Gasteiger partial charge >= 0.3 is 0 Å². The molecule has 0 aromatic heterocycles. The Morgan fingerprint density at radius 2 is 2.18 bits per heavy atom. The fourth-order valence-corrected chi connectivity index (χ4v) is 2.32. The third-order valence-electron chi connectivity index (χ3n) is 3.10. The Balaban J connectivity index is 2.31. The van der Waals surface area contributed by atoms with Crippen molar-refractivity contribution in [3.8, 4) is 0 Å². The Hall–Kier alpha value is -0.900. The van der Waals surface area contributed by atoms with E-state index in [4.69, 9.17) is 4.74 Å². The summed E-state index contributed by atoms with van der Waals surface area (Å²) in [7, 11) is 0. The van der Waals surface area contributed by atoms with Crippen LogP contribution in [0.2, 0.25) is 0 Å². The number of carbonyl (C=O) groups excluding carboxylic acids is 2. The minimum absolute atomic E-state index is 0.145. The number of ether oxygens (including phenoxy) is 1. The van der Waals surface area contributed by atoms with Gasteiger partial charge in [-0.05, 0) is 33.1 Å². The second-order valence-electron chi connectivity index (χ2n) is 4.59. The number of hydrogen-bond donors (Lipinski definition) is 0. The highest BCUT2D eigenvalue weighted by Crippen LogP contribution is 2.21. The zero-order valence-electron chi connectivity index (χ0n) is 10.9. The Labute approximate surface area is 103 Å². The van der Waals surface area contributed by atoms with Gasteiger partial charge < -0.3 is 9.64 Å². The number of rotatable bonds is 7. The molecule has 0 aromatic rings. The summed E-state index contributed by atoms with van der Waals surface area (Å²) in [5, 5.41) is 0. The van der Waals surface area contributed by atoms with Crippen molar-refractivity contribution >= 4 is 11.7 Å². The quantitative estimate of drug-likeness (QED) is 0.638. The van der Waals surface area contributed by atoms with Gasteiger partial charge in [0.25, 0.3) is 0 Å². The molecule has 17 heavy (non-hydrogen) atoms. The number of Topliss-reactive ketones (excluding diaryl/α,β-unsaturated/α-hetero) is 1. The summed E-state index contributed by atoms with van der Waals surface area (Å²) in [4.78, 5) is 25.0. The fourth-order valence-electron chi connectivity index (χ4n) is 2.32. The maximum atomic E-state index is 12.0. The van der Waals surface area contributed by atoms with Crippen LogP contribution in [0.25, 0.3) is 0 Å². The molecule has 0 spiro atoms. The van der Waals surface area contributed by atoms with Crippen molar-refractivity contribution in [2.24, 2.45) is 0 Å². The summed E-state index contributed by atoms with van der Waals surface area (Å²) >= 11 is 0. The van der Waals surface area contributed by atoms with Crippen LogP contribution in [-0.4, -0.2) is 42.4 Å². The maximum absolute atomic E-state index is 12.0. The predicted octanol–water partition coefficient (Wildman–Crippen LogP) is 1.77. The van der Waals surface area contributed by atoms with Gasteiger partial charge in [0.15, 0.2) is 0 Å². The minimum atomic E-state index is 0.145. The molecular weight excluding hydrogens is 218 g/mol. The SMILES string of the molecule is CCOCCCC(=O)N1CCCC1CC(C)=O. The predicted molar refractivity (Wildman–Crippen MR) is 65.8 cm³/mol. The van der Waals surface area contributed by atoms with Crippen molar-refractivity contribution in [3.63, 3.8) is 0 Å². The zero-order valence-corrected chi connectivity index (χ0v) is 10.9. The molecule has 1 amide bonds. The van der Waals surface area contributed by atoms with E-state index in [1.165, 1.54) is 0 Å². The van der Waals surface area contributed by atoms with Crippen molar-refractivity contribution in [2.75, 3.05) is 19.8 Å². The molecule has 1 atom stereocenters. The summed E-state index contributed by atoms with van der Waals surface area (Å²) < 4.78 is 5.21. The molecule has 1 aliphatic rings. The minimum Gasteiger partial charge on any atom is -0.382 e. The maximum Gasteiger partial charge on any atom is 0.222 e. The standard InChI is InChI=1S/C13H23NO3/c1-3-17-9-5-7-13(16)14-8-4-6-12(14)10-11(2)15/h12H,3-10H2,1-2H3. The molecule has 0 saturated carbocycles. The van der Waals surface area contributed by atoms with E-state index in [0.717, 1.165) is 25.8 Å². The number of carbonyl (C=O) groups is 2. The summed E-state index contributed by atoms with van der Waals surface area (Å²) in [6.07, 6.45) is 3.81. The molecule has 0 radical (unpaired) electrons. The van der Waals surface area contributed by atoms with E-state index in [2.05, 4.69) is 0 Å². The molecule has 1 rings (SSSR count). The van der Waals surface area contributed by atoms with Crippen LogP contribution in [0, 0.1) is 0 Å². The Morgan fingerprint density at radius 3 is 2.82 bits per heavy atom. The van der Waals surface area contributed by atoms with Crippen molar-refractivity contribution in [3.05, 3.63) is 0 Å². The lowest BCUT2D eigenvalue weighted by Gasteiger charge is -2.24. The molecule has 1 aliphatic heterocycles. The third kappa shape index (κ3) is 4.86. The molecule has 0 aromatic carbocycles. The lowest BCUT2D eigenvalue weighted by atomic mass is 10.1. The molecule has 98 valence electrons. The van der Waals surface area contributed by atoms with E-state index in [9.17, 15) is 9.59 Å². The van der Waals surface area contributed by atoms with E-state index in [1.807, 2.05) is 11.8 Å². The number of nitrogens with zero attached hydrogens (tertiary/aromatic N) is 1. The lowest BCUT2D eigenvalue weighted by Crippen LogP contribution is -2.36. The second kappa shape index (κ2) is 7.43. The van der Waals surface area contributed by atoms with Crippen LogP contribution < -0.4 is 0 Å². The van der Waals surface area contributed by atoms with E-state index in [0.29, 0.717) is 26.1 Å². The van der Waals surface area contributed by atoms with Crippen LogP contribution in [0.1, 0.15) is 46.0 Å². The van der Waals surface area contributed by atoms with Crippen molar-refractivity contribution in [2.45, 2.75) is 52.0 Å². The van der Waals surface area contributed by atoms with Gasteiger partial charge in [-0.3, -0.25) is 9.59 Å². The molecule has 0 bridgehead atoms. The zero-order chi connectivity index (χ0) is 12.7. The molecule has 0 N–H and O–H groups in total. The van der Waals surface area contributed by atoms with Gasteiger partial charge in [0, 0.05) is 38.6 Å². The first kappa shape index (κ1) is 14.2. The number of ketones is 1. The van der Waals surface area contributed by atoms with Crippen molar-refractivity contribution < 1.29 is 14.3 Å². The number of likely N-dealkylation sites (tertiary alicyclic amines) is 1. The van der Waals surface area contributed by atoms with Gasteiger partial charge in [-0.1, -0.05) is 0 Å². The second-order valence-corrected chi connectivity index (χ2v) is 4.59. The van der Waals surface area contributed by atoms with E-state index < -0.39 is 0 Å². The summed E-state index contributed by atoms with van der Waals surface area (Å²) in [5.74, 6) is 0.345. The molecule has 1 heterocycles. The Kier molecular flexibility index (Phi) is 6.19. The summed E-state index contributed by atoms with van der Waals surface area (Å²) in [5.41, 5.74) is 0. The Bertz CT molecular complexity index is 265. The first-order valence-corrected chi connectivity index (χ1v) is 6.51. The van der Waals surface area contributed by atoms with Gasteiger partial charge in [0.1, 0.15) is 5.78 Å². The molecule has 1 fully saturated rings. The summed E-state index contributed by atoms with van der Waals surface area (Å²) in [6.45, 7) is 5.70.